The van der Waals surface area contributed by atoms with Gasteiger partial charge in [0.1, 0.15) is 0 Å². The fourth-order valence-electron chi connectivity index (χ4n) is 0.0589. The van der Waals surface area contributed by atoms with Gasteiger partial charge in [0.05, 0.1) is 0 Å². The van der Waals surface area contributed by atoms with E-state index in [0.717, 1.165) is 0 Å². The zero-order chi connectivity index (χ0) is 4.12. The molecule has 0 rings (SSSR count). The van der Waals surface area contributed by atoms with E-state index in [-0.39, 0.29) is 18.9 Å². The largest absolute Gasteiger partial charge is 1.00 e. The van der Waals surface area contributed by atoms with Crippen LogP contribution in [-0.4, -0.2) is 0 Å². The molecule has 0 fully saturated rings. The second kappa shape index (κ2) is 8.86. The molecule has 0 aliphatic rings. The van der Waals surface area contributed by atoms with Gasteiger partial charge in [-0.25, -0.2) is 0 Å². The molecule has 0 aromatic rings. The van der Waals surface area contributed by atoms with E-state index in [2.05, 4.69) is 24.2 Å². The predicted octanol–water partition coefficient (Wildman–Crippen LogP) is -1.90. The smallest absolute Gasteiger partial charge is 0.648 e. The van der Waals surface area contributed by atoms with E-state index in [4.69, 9.17) is 0 Å². The Labute approximate surface area is 49.9 Å². The summed E-state index contributed by atoms with van der Waals surface area (Å²) in [6.07, 6.45) is 3.41. The summed E-state index contributed by atoms with van der Waals surface area (Å²) >= 11 is 0. The summed E-state index contributed by atoms with van der Waals surface area (Å²) in [6, 6.07) is 0. The van der Waals surface area contributed by atoms with Gasteiger partial charge in [0, 0.05) is 0 Å². The van der Waals surface area contributed by atoms with Crippen molar-refractivity contribution in [1.82, 2.24) is 0 Å². The van der Waals surface area contributed by atoms with Crippen LogP contribution in [0.25, 0.3) is 0 Å². The van der Waals surface area contributed by atoms with Crippen LogP contribution in [-0.2, 0) is 4.74 Å². The summed E-state index contributed by atoms with van der Waals surface area (Å²) in [6.45, 7) is 6.36. The molecule has 0 aromatic carbocycles. The van der Waals surface area contributed by atoms with E-state index in [0.29, 0.717) is 0 Å². The van der Waals surface area contributed by atoms with Crippen LogP contribution in [0, 0.1) is 6.26 Å². The maximum atomic E-state index is 4.24. The van der Waals surface area contributed by atoms with Crippen molar-refractivity contribution in [1.29, 1.82) is 0 Å². The summed E-state index contributed by atoms with van der Waals surface area (Å²) in [7, 11) is 0. The minimum absolute atomic E-state index is 0. The zero-order valence-corrected chi connectivity index (χ0v) is 3.90. The first-order chi connectivity index (χ1) is 2.41. The van der Waals surface area contributed by atoms with Crippen LogP contribution >= 0.6 is 0 Å². The third-order valence-electron chi connectivity index (χ3n) is 0.167. The van der Waals surface area contributed by atoms with Crippen LogP contribution in [0.4, 0.5) is 0 Å². The van der Waals surface area contributed by atoms with Gasteiger partial charge in [-0.3, -0.25) is 0 Å². The molecular formula is C4H5LiO. The van der Waals surface area contributed by atoms with Gasteiger partial charge in [0.25, 0.3) is 0 Å². The standard InChI is InChI=1S/C4H5O.Li/c1-3-5-4-2;/h3H,1-2H2;/q-1;+1. The average molecular weight is 76.0 g/mol. The van der Waals surface area contributed by atoms with Crippen LogP contribution < -0.4 is 18.9 Å². The molecule has 0 atom stereocenters. The molecule has 0 saturated heterocycles. The van der Waals surface area contributed by atoms with E-state index in [1.165, 1.54) is 6.26 Å². The maximum Gasteiger partial charge on any atom is 1.00 e. The van der Waals surface area contributed by atoms with Crippen LogP contribution in [0.15, 0.2) is 19.4 Å². The molecule has 1 nitrogen and oxygen atoms in total. The predicted molar refractivity (Wildman–Crippen MR) is 20.2 cm³/mol. The molecule has 0 amide bonds. The monoisotopic (exact) mass is 76.1 g/mol. The SMILES string of the molecule is C=[C-]OC=C.[Li+]. The molecule has 0 bridgehead atoms. The van der Waals surface area contributed by atoms with Crippen LogP contribution in [0.5, 0.6) is 0 Å². The van der Waals surface area contributed by atoms with Crippen molar-refractivity contribution in [3.05, 3.63) is 25.7 Å². The maximum absolute atomic E-state index is 4.24. The molecular weight excluding hydrogens is 71.0 g/mol. The van der Waals surface area contributed by atoms with Crippen molar-refractivity contribution < 1.29 is 23.6 Å². The minimum Gasteiger partial charge on any atom is -0.648 e. The third kappa shape index (κ3) is 9.11. The Morgan fingerprint density at radius 3 is 2.17 bits per heavy atom. The van der Waals surface area contributed by atoms with E-state index in [1.807, 2.05) is 0 Å². The average Bonchev–Trinajstić information content (AvgIpc) is 1.41. The summed E-state index contributed by atoms with van der Waals surface area (Å²) in [5, 5.41) is 0. The van der Waals surface area contributed by atoms with Crippen LogP contribution in [0.2, 0.25) is 0 Å². The van der Waals surface area contributed by atoms with Gasteiger partial charge in [-0.2, -0.15) is 6.58 Å². The molecule has 0 saturated carbocycles. The van der Waals surface area contributed by atoms with E-state index < -0.39 is 0 Å². The minimum atomic E-state index is 0. The molecule has 28 valence electrons. The van der Waals surface area contributed by atoms with Gasteiger partial charge in [0.15, 0.2) is 0 Å². The van der Waals surface area contributed by atoms with Gasteiger partial charge in [-0.15, -0.1) is 6.58 Å². The molecule has 0 aliphatic carbocycles. The van der Waals surface area contributed by atoms with Crippen molar-refractivity contribution in [2.24, 2.45) is 0 Å². The van der Waals surface area contributed by atoms with Crippen molar-refractivity contribution in [2.75, 3.05) is 0 Å². The second-order valence-corrected chi connectivity index (χ2v) is 0.429. The van der Waals surface area contributed by atoms with E-state index in [1.54, 1.807) is 0 Å². The molecule has 0 N–H and O–H groups in total. The van der Waals surface area contributed by atoms with Gasteiger partial charge < -0.3 is 4.74 Å². The summed E-state index contributed by atoms with van der Waals surface area (Å²) < 4.78 is 4.24. The van der Waals surface area contributed by atoms with Crippen molar-refractivity contribution in [3.63, 3.8) is 0 Å². The Bertz CT molecular complexity index is 36.8. The molecule has 2 heteroatoms. The third-order valence-corrected chi connectivity index (χ3v) is 0.167. The molecule has 0 spiro atoms. The van der Waals surface area contributed by atoms with E-state index >= 15 is 0 Å². The first kappa shape index (κ1) is 9.30. The number of rotatable bonds is 2. The van der Waals surface area contributed by atoms with E-state index in [9.17, 15) is 0 Å². The number of hydrogen-bond donors (Lipinski definition) is 0. The fourth-order valence-corrected chi connectivity index (χ4v) is 0.0589. The summed E-state index contributed by atoms with van der Waals surface area (Å²) in [5.41, 5.74) is 0. The summed E-state index contributed by atoms with van der Waals surface area (Å²) in [5.74, 6) is 0. The molecule has 0 unspecified atom stereocenters. The fraction of sp³-hybridized carbons (Fsp3) is 0. The molecule has 0 aliphatic heterocycles. The normalized spacial score (nSPS) is 4.67. The number of hydrogen-bond acceptors (Lipinski definition) is 1. The Balaban J connectivity index is 0. The Hall–Kier alpha value is -0.123. The van der Waals surface area contributed by atoms with Crippen LogP contribution in [0.3, 0.4) is 0 Å². The van der Waals surface area contributed by atoms with Gasteiger partial charge in [0.2, 0.25) is 0 Å². The Morgan fingerprint density at radius 2 is 2.17 bits per heavy atom. The van der Waals surface area contributed by atoms with Gasteiger partial charge in [-0.05, 0) is 0 Å². The van der Waals surface area contributed by atoms with Crippen molar-refractivity contribution in [2.45, 2.75) is 0 Å². The summed E-state index contributed by atoms with van der Waals surface area (Å²) in [4.78, 5) is 0. The zero-order valence-electron chi connectivity index (χ0n) is 3.90. The number of ether oxygens (including phenoxy) is 1. The quantitative estimate of drug-likeness (QED) is 0.212. The molecule has 0 heterocycles. The van der Waals surface area contributed by atoms with Crippen molar-refractivity contribution in [3.8, 4) is 0 Å². The van der Waals surface area contributed by atoms with Crippen LogP contribution in [0.1, 0.15) is 0 Å². The molecule has 0 radical (unpaired) electrons. The van der Waals surface area contributed by atoms with Crippen molar-refractivity contribution >= 4 is 0 Å². The molecule has 6 heavy (non-hydrogen) atoms. The Kier molecular flexibility index (Phi) is 13.7. The van der Waals surface area contributed by atoms with Gasteiger partial charge in [-0.1, -0.05) is 12.5 Å². The topological polar surface area (TPSA) is 9.23 Å². The first-order valence-corrected chi connectivity index (χ1v) is 1.20. The second-order valence-electron chi connectivity index (χ2n) is 0.429. The first-order valence-electron chi connectivity index (χ1n) is 1.20. The Morgan fingerprint density at radius 1 is 1.67 bits per heavy atom. The molecule has 0 aromatic heterocycles. The van der Waals surface area contributed by atoms with Gasteiger partial charge >= 0.3 is 18.9 Å².